The summed E-state index contributed by atoms with van der Waals surface area (Å²) in [5.41, 5.74) is -8.99. The first kappa shape index (κ1) is 50.3. The van der Waals surface area contributed by atoms with Gasteiger partial charge in [-0.3, -0.25) is 19.2 Å². The lowest BCUT2D eigenvalue weighted by Gasteiger charge is -2.67. The number of esters is 5. The lowest BCUT2D eigenvalue weighted by Crippen LogP contribution is -2.82. The average Bonchev–Trinajstić information content (AvgIpc) is 3.25. The first-order valence-corrected chi connectivity index (χ1v) is 22.4. The van der Waals surface area contributed by atoms with Crippen LogP contribution in [0.5, 0.6) is 0 Å². The van der Waals surface area contributed by atoms with E-state index in [1.807, 2.05) is 0 Å². The molecule has 19 heteroatoms. The number of ether oxygens (including phenoxy) is 7. The number of Topliss-reactive ketones (excluding diaryl/α,β-unsaturated/α-hetero) is 1. The van der Waals surface area contributed by atoms with Crippen LogP contribution in [0.4, 0.5) is 4.79 Å². The van der Waals surface area contributed by atoms with Crippen LogP contribution in [0.3, 0.4) is 0 Å². The van der Waals surface area contributed by atoms with E-state index in [1.165, 1.54) is 39.8 Å². The Morgan fingerprint density at radius 1 is 0.894 bits per heavy atom. The van der Waals surface area contributed by atoms with Crippen LogP contribution in [-0.2, 0) is 57.1 Å². The number of alkyl carbamates (subject to hydrolysis) is 1. The summed E-state index contributed by atoms with van der Waals surface area (Å²) >= 11 is 11.9. The predicted molar refractivity (Wildman–Crippen MR) is 233 cm³/mol. The Morgan fingerprint density at radius 3 is 2.03 bits per heavy atom. The SMILES string of the molecule is CC(=O)O[C@@]12CO[C@@H]1C[C@H](OC(=O)CCl)[C@@]1(C)C(=O)[C@H](OC(=O)CCl)C3=C(C)[C@@H](OC(=O)[C@H](O)[C@@H](NC(=O)OC(C)(C)C)c4ccccc4)C[C@@](O)(C(OC(=O)c4ccccc4)C12)C3(C)C. The second-order valence-electron chi connectivity index (χ2n) is 18.8. The van der Waals surface area contributed by atoms with Gasteiger partial charge in [0.2, 0.25) is 0 Å². The minimum atomic E-state index is -2.50. The molecule has 3 fully saturated rings. The number of amides is 1. The molecule has 3 N–H and O–H groups in total. The predicted octanol–water partition coefficient (Wildman–Crippen LogP) is 4.84. The molecule has 2 saturated carbocycles. The highest BCUT2D eigenvalue weighted by atomic mass is 35.5. The Kier molecular flexibility index (Phi) is 14.4. The van der Waals surface area contributed by atoms with E-state index in [1.54, 1.807) is 69.3 Å². The standard InChI is InChI=1S/C47H55Cl2NO16/c1-24-28(61-41(57)35(54)34(26-15-11-9-12-16-26)50-42(58)66-43(3,4)5)20-47(59)39(64-40(56)27-17-13-10-14-18-27)37-45(8,38(55)36(63-32(53)22-49)33(24)44(47,6)7)29(62-31(52)21-48)19-30-46(37,23-60-30)65-25(2)51/h9-18,28-30,34-37,39,54,59H,19-23H2,1-8H3,(H,50,58)/t28-,29-,30+,34-,35+,36+,37?,39?,45+,46-,47+/m0/s1. The molecule has 0 radical (unpaired) electrons. The molecule has 0 spiro atoms. The van der Waals surface area contributed by atoms with E-state index in [0.29, 0.717) is 0 Å². The summed E-state index contributed by atoms with van der Waals surface area (Å²) in [7, 11) is 0. The van der Waals surface area contributed by atoms with E-state index in [0.717, 1.165) is 6.92 Å². The summed E-state index contributed by atoms with van der Waals surface area (Å²) in [6.07, 6.45) is -12.1. The maximum atomic E-state index is 15.9. The van der Waals surface area contributed by atoms with Gasteiger partial charge in [-0.1, -0.05) is 62.4 Å². The van der Waals surface area contributed by atoms with Crippen molar-refractivity contribution in [2.45, 2.75) is 128 Å². The van der Waals surface area contributed by atoms with Gasteiger partial charge in [-0.25, -0.2) is 14.4 Å². The molecule has 1 aliphatic heterocycles. The van der Waals surface area contributed by atoms with Crippen molar-refractivity contribution in [1.29, 1.82) is 0 Å². The van der Waals surface area contributed by atoms with Crippen LogP contribution < -0.4 is 5.32 Å². The number of hydrogen-bond acceptors (Lipinski definition) is 16. The zero-order valence-corrected chi connectivity index (χ0v) is 39.3. The summed E-state index contributed by atoms with van der Waals surface area (Å²) in [5, 5.41) is 28.2. The number of aliphatic hydroxyl groups is 2. The maximum Gasteiger partial charge on any atom is 0.408 e. The Hall–Kier alpha value is -5.07. The van der Waals surface area contributed by atoms with Gasteiger partial charge in [-0.15, -0.1) is 23.2 Å². The quantitative estimate of drug-likeness (QED) is 0.112. The van der Waals surface area contributed by atoms with Crippen LogP contribution in [0, 0.1) is 16.7 Å². The zero-order valence-electron chi connectivity index (χ0n) is 37.8. The first-order valence-electron chi connectivity index (χ1n) is 21.3. The molecule has 358 valence electrons. The van der Waals surface area contributed by atoms with Crippen molar-refractivity contribution < 1.29 is 76.9 Å². The second kappa shape index (κ2) is 18.9. The molecular weight excluding hydrogens is 905 g/mol. The number of rotatable bonds is 12. The molecule has 3 aliphatic carbocycles. The minimum Gasteiger partial charge on any atom is -0.460 e. The van der Waals surface area contributed by atoms with E-state index in [-0.39, 0.29) is 35.3 Å². The van der Waals surface area contributed by atoms with E-state index in [4.69, 9.17) is 56.4 Å². The number of ketones is 1. The molecule has 4 aliphatic rings. The highest BCUT2D eigenvalue weighted by Gasteiger charge is 2.79. The van der Waals surface area contributed by atoms with Crippen LogP contribution >= 0.6 is 23.2 Å². The van der Waals surface area contributed by atoms with E-state index >= 15 is 4.79 Å². The number of carbonyl (C=O) groups excluding carboxylic acids is 7. The first-order chi connectivity index (χ1) is 30.9. The number of carbonyl (C=O) groups is 7. The van der Waals surface area contributed by atoms with Gasteiger partial charge in [0.25, 0.3) is 0 Å². The van der Waals surface area contributed by atoms with Crippen molar-refractivity contribution in [3.05, 3.63) is 82.9 Å². The Morgan fingerprint density at radius 2 is 1.48 bits per heavy atom. The molecular formula is C47H55Cl2NO16. The number of aliphatic hydroxyl groups excluding tert-OH is 1. The van der Waals surface area contributed by atoms with Crippen LogP contribution in [0.25, 0.3) is 0 Å². The van der Waals surface area contributed by atoms with Gasteiger partial charge in [-0.2, -0.15) is 0 Å². The van der Waals surface area contributed by atoms with Crippen LogP contribution in [0.1, 0.15) is 90.2 Å². The fourth-order valence-corrected chi connectivity index (χ4v) is 10.3. The van der Waals surface area contributed by atoms with Gasteiger partial charge < -0.3 is 48.7 Å². The number of fused-ring (bicyclic) bond motifs is 5. The van der Waals surface area contributed by atoms with Gasteiger partial charge >= 0.3 is 35.9 Å². The van der Waals surface area contributed by atoms with Gasteiger partial charge in [0.1, 0.15) is 47.4 Å². The van der Waals surface area contributed by atoms with Crippen molar-refractivity contribution in [2.24, 2.45) is 16.7 Å². The van der Waals surface area contributed by atoms with Crippen LogP contribution in [0.2, 0.25) is 0 Å². The van der Waals surface area contributed by atoms with Gasteiger partial charge in [0.15, 0.2) is 23.6 Å². The molecule has 2 aromatic carbocycles. The smallest absolute Gasteiger partial charge is 0.408 e. The van der Waals surface area contributed by atoms with Crippen LogP contribution in [0.15, 0.2) is 71.8 Å². The Labute approximate surface area is 391 Å². The Balaban J connectivity index is 1.59. The third kappa shape index (κ3) is 9.16. The fraction of sp³-hybridized carbons (Fsp3) is 0.553. The second-order valence-corrected chi connectivity index (χ2v) is 19.3. The lowest BCUT2D eigenvalue weighted by atomic mass is 9.44. The van der Waals surface area contributed by atoms with E-state index in [2.05, 4.69) is 5.32 Å². The van der Waals surface area contributed by atoms with Crippen molar-refractivity contribution in [3.63, 3.8) is 0 Å². The molecule has 11 atom stereocenters. The molecule has 1 heterocycles. The number of alkyl halides is 2. The number of benzene rings is 2. The summed E-state index contributed by atoms with van der Waals surface area (Å²) in [5.74, 6) is -9.19. The summed E-state index contributed by atoms with van der Waals surface area (Å²) in [4.78, 5) is 97.5. The van der Waals surface area contributed by atoms with Gasteiger partial charge in [0.05, 0.1) is 29.5 Å². The average molecular weight is 961 g/mol. The minimum absolute atomic E-state index is 0.0186. The molecule has 2 unspecified atom stereocenters. The summed E-state index contributed by atoms with van der Waals surface area (Å²) in [6, 6.07) is 14.3. The topological polar surface area (TPSA) is 237 Å². The van der Waals surface area contributed by atoms with Gasteiger partial charge in [-0.05, 0) is 63.5 Å². The zero-order chi connectivity index (χ0) is 48.7. The summed E-state index contributed by atoms with van der Waals surface area (Å²) < 4.78 is 41.9. The number of nitrogens with one attached hydrogen (secondary N) is 1. The number of halogens is 2. The molecule has 6 rings (SSSR count). The highest BCUT2D eigenvalue weighted by Crippen LogP contribution is 2.65. The molecule has 0 aromatic heterocycles. The molecule has 1 saturated heterocycles. The molecule has 2 bridgehead atoms. The van der Waals surface area contributed by atoms with Crippen LogP contribution in [-0.4, -0.2) is 124 Å². The van der Waals surface area contributed by atoms with E-state index in [9.17, 15) is 39.0 Å². The number of hydrogen-bond donors (Lipinski definition) is 3. The third-order valence-electron chi connectivity index (χ3n) is 13.3. The maximum absolute atomic E-state index is 15.9. The fourth-order valence-electron chi connectivity index (χ4n) is 10.1. The molecule has 1 amide bonds. The highest BCUT2D eigenvalue weighted by molar-refractivity contribution is 6.26. The van der Waals surface area contributed by atoms with Gasteiger partial charge in [0, 0.05) is 25.2 Å². The van der Waals surface area contributed by atoms with Crippen molar-refractivity contribution in [3.8, 4) is 0 Å². The third-order valence-corrected chi connectivity index (χ3v) is 13.7. The molecule has 66 heavy (non-hydrogen) atoms. The normalized spacial score (nSPS) is 30.8. The van der Waals surface area contributed by atoms with Crippen molar-refractivity contribution in [1.82, 2.24) is 5.32 Å². The van der Waals surface area contributed by atoms with Crippen molar-refractivity contribution >= 4 is 64.9 Å². The molecule has 2 aromatic rings. The summed E-state index contributed by atoms with van der Waals surface area (Å²) in [6.45, 7) is 11.5. The van der Waals surface area contributed by atoms with Crippen molar-refractivity contribution in [2.75, 3.05) is 18.4 Å². The lowest BCUT2D eigenvalue weighted by molar-refractivity contribution is -0.346. The Bertz CT molecular complexity index is 2260. The largest absolute Gasteiger partial charge is 0.460 e. The monoisotopic (exact) mass is 959 g/mol. The molecule has 17 nitrogen and oxygen atoms in total. The van der Waals surface area contributed by atoms with E-state index < -0.39 is 136 Å².